The molecule has 0 aliphatic carbocycles. The monoisotopic (exact) mass is 208 g/mol. The molecule has 1 rings (SSSR count). The van der Waals surface area contributed by atoms with Crippen molar-refractivity contribution in [3.8, 4) is 0 Å². The van der Waals surface area contributed by atoms with Gasteiger partial charge in [-0.2, -0.15) is 0 Å². The fourth-order valence-corrected chi connectivity index (χ4v) is 1.18. The van der Waals surface area contributed by atoms with Crippen LogP contribution in [0.15, 0.2) is 17.4 Å². The predicted octanol–water partition coefficient (Wildman–Crippen LogP) is 0.818. The van der Waals surface area contributed by atoms with Gasteiger partial charge in [-0.25, -0.2) is 27.2 Å². The molecule has 0 aromatic carbocycles. The summed E-state index contributed by atoms with van der Waals surface area (Å²) < 4.78 is 45.8. The van der Waals surface area contributed by atoms with E-state index in [9.17, 15) is 17.2 Å². The first-order valence-corrected chi connectivity index (χ1v) is 5.11. The van der Waals surface area contributed by atoms with Crippen LogP contribution in [-0.2, 0) is 9.84 Å². The first-order chi connectivity index (χ1) is 5.91. The normalized spacial score (nSPS) is 12.0. The Morgan fingerprint density at radius 3 is 2.54 bits per heavy atom. The van der Waals surface area contributed by atoms with E-state index in [1.54, 1.807) is 0 Å². The number of nitrogens with zero attached hydrogens (tertiary/aromatic N) is 2. The van der Waals surface area contributed by atoms with Crippen molar-refractivity contribution in [3.63, 3.8) is 0 Å². The number of halogens is 2. The summed E-state index contributed by atoms with van der Waals surface area (Å²) in [5.74, 6) is 0. The fraction of sp³-hybridized carbons (Fsp3) is 0.333. The van der Waals surface area contributed by atoms with E-state index in [2.05, 4.69) is 9.97 Å². The summed E-state index contributed by atoms with van der Waals surface area (Å²) in [5.41, 5.74) is -0.588. The van der Waals surface area contributed by atoms with Gasteiger partial charge in [-0.1, -0.05) is 0 Å². The SMILES string of the molecule is CS(=O)(=O)c1nccc(C(F)F)n1. The average molecular weight is 208 g/mol. The van der Waals surface area contributed by atoms with Crippen molar-refractivity contribution in [3.05, 3.63) is 18.0 Å². The quantitative estimate of drug-likeness (QED) is 0.675. The number of sulfone groups is 1. The van der Waals surface area contributed by atoms with Crippen LogP contribution < -0.4 is 0 Å². The van der Waals surface area contributed by atoms with Gasteiger partial charge in [-0.3, -0.25) is 0 Å². The minimum absolute atomic E-state index is 0.578. The van der Waals surface area contributed by atoms with Gasteiger partial charge < -0.3 is 0 Å². The number of hydrogen-bond donors (Lipinski definition) is 0. The molecule has 1 heterocycles. The summed E-state index contributed by atoms with van der Waals surface area (Å²) in [4.78, 5) is 6.56. The Balaban J connectivity index is 3.21. The van der Waals surface area contributed by atoms with Gasteiger partial charge in [-0.05, 0) is 6.07 Å². The van der Waals surface area contributed by atoms with Crippen LogP contribution in [0, 0.1) is 0 Å². The molecule has 0 aliphatic heterocycles. The summed E-state index contributed by atoms with van der Waals surface area (Å²) in [5, 5.41) is -0.578. The lowest BCUT2D eigenvalue weighted by Crippen LogP contribution is -2.05. The van der Waals surface area contributed by atoms with Crippen LogP contribution in [0.1, 0.15) is 12.1 Å². The lowest BCUT2D eigenvalue weighted by Gasteiger charge is -1.99. The zero-order valence-corrected chi connectivity index (χ0v) is 7.42. The second kappa shape index (κ2) is 3.33. The first kappa shape index (κ1) is 9.97. The molecule has 72 valence electrons. The van der Waals surface area contributed by atoms with E-state index < -0.39 is 27.1 Å². The van der Waals surface area contributed by atoms with Crippen molar-refractivity contribution in [1.82, 2.24) is 9.97 Å². The van der Waals surface area contributed by atoms with Crippen molar-refractivity contribution in [2.45, 2.75) is 11.6 Å². The summed E-state index contributed by atoms with van der Waals surface area (Å²) >= 11 is 0. The molecule has 1 aromatic rings. The average Bonchev–Trinajstić information content (AvgIpc) is 2.03. The highest BCUT2D eigenvalue weighted by molar-refractivity contribution is 7.90. The lowest BCUT2D eigenvalue weighted by molar-refractivity contribution is 0.145. The van der Waals surface area contributed by atoms with Crippen LogP contribution in [0.5, 0.6) is 0 Å². The Morgan fingerprint density at radius 1 is 1.46 bits per heavy atom. The second-order valence-electron chi connectivity index (χ2n) is 2.34. The van der Waals surface area contributed by atoms with Crippen LogP contribution >= 0.6 is 0 Å². The Bertz CT molecular complexity index is 405. The lowest BCUT2D eigenvalue weighted by atomic mass is 10.4. The molecule has 7 heteroatoms. The van der Waals surface area contributed by atoms with Crippen LogP contribution in [0.25, 0.3) is 0 Å². The minimum Gasteiger partial charge on any atom is -0.227 e. The molecule has 0 amide bonds. The van der Waals surface area contributed by atoms with Crippen molar-refractivity contribution in [1.29, 1.82) is 0 Å². The zero-order valence-electron chi connectivity index (χ0n) is 6.61. The predicted molar refractivity (Wildman–Crippen MR) is 40.1 cm³/mol. The van der Waals surface area contributed by atoms with Gasteiger partial charge in [0.25, 0.3) is 6.43 Å². The van der Waals surface area contributed by atoms with Crippen molar-refractivity contribution in [2.24, 2.45) is 0 Å². The molecule has 1 aromatic heterocycles. The molecular weight excluding hydrogens is 202 g/mol. The largest absolute Gasteiger partial charge is 0.280 e. The molecule has 0 saturated carbocycles. The third kappa shape index (κ3) is 2.41. The molecule has 4 nitrogen and oxygen atoms in total. The van der Waals surface area contributed by atoms with E-state index in [-0.39, 0.29) is 0 Å². The van der Waals surface area contributed by atoms with E-state index in [0.29, 0.717) is 0 Å². The molecule has 0 spiro atoms. The van der Waals surface area contributed by atoms with E-state index >= 15 is 0 Å². The molecule has 13 heavy (non-hydrogen) atoms. The van der Waals surface area contributed by atoms with Gasteiger partial charge in [0.2, 0.25) is 15.0 Å². The molecular formula is C6H6F2N2O2S. The topological polar surface area (TPSA) is 59.9 Å². The maximum atomic E-state index is 12.1. The Hall–Kier alpha value is -1.11. The highest BCUT2D eigenvalue weighted by Gasteiger charge is 2.15. The molecule has 0 atom stereocenters. The molecule has 0 unspecified atom stereocenters. The number of aromatic nitrogens is 2. The van der Waals surface area contributed by atoms with Crippen LogP contribution in [0.2, 0.25) is 0 Å². The fourth-order valence-electron chi connectivity index (χ4n) is 0.654. The standard InChI is InChI=1S/C6H6F2N2O2S/c1-13(11,12)6-9-3-2-4(10-6)5(7)8/h2-3,5H,1H3. The highest BCUT2D eigenvalue weighted by atomic mass is 32.2. The second-order valence-corrected chi connectivity index (χ2v) is 4.25. The van der Waals surface area contributed by atoms with Gasteiger partial charge in [0, 0.05) is 12.5 Å². The van der Waals surface area contributed by atoms with Gasteiger partial charge in [-0.15, -0.1) is 0 Å². The highest BCUT2D eigenvalue weighted by Crippen LogP contribution is 2.16. The summed E-state index contributed by atoms with van der Waals surface area (Å²) in [7, 11) is -3.61. The number of alkyl halides is 2. The van der Waals surface area contributed by atoms with Crippen LogP contribution in [0.3, 0.4) is 0 Å². The van der Waals surface area contributed by atoms with E-state index in [1.807, 2.05) is 0 Å². The van der Waals surface area contributed by atoms with Crippen LogP contribution in [0.4, 0.5) is 8.78 Å². The van der Waals surface area contributed by atoms with Crippen molar-refractivity contribution in [2.75, 3.05) is 6.26 Å². The molecule has 0 aliphatic rings. The van der Waals surface area contributed by atoms with Gasteiger partial charge >= 0.3 is 0 Å². The van der Waals surface area contributed by atoms with E-state index in [1.165, 1.54) is 0 Å². The molecule has 0 bridgehead atoms. The maximum Gasteiger partial charge on any atom is 0.280 e. The maximum absolute atomic E-state index is 12.1. The molecule has 0 saturated heterocycles. The third-order valence-corrected chi connectivity index (χ3v) is 2.07. The number of hydrogen-bond acceptors (Lipinski definition) is 4. The molecule has 0 N–H and O–H groups in total. The molecule has 0 fully saturated rings. The Kier molecular flexibility index (Phi) is 2.55. The summed E-state index contributed by atoms with van der Waals surface area (Å²) in [6.45, 7) is 0. The van der Waals surface area contributed by atoms with Gasteiger partial charge in [0.1, 0.15) is 5.69 Å². The van der Waals surface area contributed by atoms with Gasteiger partial charge in [0.15, 0.2) is 0 Å². The van der Waals surface area contributed by atoms with Crippen LogP contribution in [-0.4, -0.2) is 24.6 Å². The van der Waals surface area contributed by atoms with Gasteiger partial charge in [0.05, 0.1) is 0 Å². The van der Waals surface area contributed by atoms with Crippen molar-refractivity contribution >= 4 is 9.84 Å². The van der Waals surface area contributed by atoms with E-state index in [4.69, 9.17) is 0 Å². The van der Waals surface area contributed by atoms with Crippen molar-refractivity contribution < 1.29 is 17.2 Å². The summed E-state index contributed by atoms with van der Waals surface area (Å²) in [6, 6.07) is 0.972. The van der Waals surface area contributed by atoms with E-state index in [0.717, 1.165) is 18.5 Å². The molecule has 0 radical (unpaired) electrons. The minimum atomic E-state index is -3.61. The summed E-state index contributed by atoms with van der Waals surface area (Å²) in [6.07, 6.45) is -0.939. The first-order valence-electron chi connectivity index (χ1n) is 3.22. The Morgan fingerprint density at radius 2 is 2.08 bits per heavy atom. The zero-order chi connectivity index (χ0) is 10.1. The third-order valence-electron chi connectivity index (χ3n) is 1.21. The number of rotatable bonds is 2. The Labute approximate surface area is 73.6 Å². The smallest absolute Gasteiger partial charge is 0.227 e.